The number of urea groups is 1. The fourth-order valence-electron chi connectivity index (χ4n) is 3.67. The Morgan fingerprint density at radius 2 is 1.17 bits per heavy atom. The highest BCUT2D eigenvalue weighted by molar-refractivity contribution is 7.99. The Hall–Kier alpha value is -3.50. The van der Waals surface area contributed by atoms with E-state index >= 15 is 0 Å². The average molecular weight is 409 g/mol. The van der Waals surface area contributed by atoms with Crippen LogP contribution in [0.1, 0.15) is 5.56 Å². The molecule has 0 atom stereocenters. The molecule has 4 aromatic carbocycles. The van der Waals surface area contributed by atoms with E-state index in [-0.39, 0.29) is 6.03 Å². The van der Waals surface area contributed by atoms with Gasteiger partial charge >= 0.3 is 6.03 Å². The quantitative estimate of drug-likeness (QED) is 0.360. The summed E-state index contributed by atoms with van der Waals surface area (Å²) >= 11 is 1.70. The normalized spacial score (nSPS) is 12.1. The molecule has 0 radical (unpaired) electrons. The van der Waals surface area contributed by atoms with E-state index in [9.17, 15) is 4.79 Å². The van der Waals surface area contributed by atoms with Crippen LogP contribution in [0.2, 0.25) is 0 Å². The molecule has 4 aromatic rings. The van der Waals surface area contributed by atoms with Gasteiger partial charge in [0.05, 0.1) is 17.9 Å². The van der Waals surface area contributed by atoms with Crippen LogP contribution in [0.3, 0.4) is 0 Å². The van der Waals surface area contributed by atoms with Crippen LogP contribution in [-0.2, 0) is 6.54 Å². The number of anilines is 3. The lowest BCUT2D eigenvalue weighted by molar-refractivity contribution is 0.253. The topological polar surface area (TPSA) is 23.6 Å². The van der Waals surface area contributed by atoms with Gasteiger partial charge in [0.15, 0.2) is 0 Å². The third kappa shape index (κ3) is 3.46. The van der Waals surface area contributed by atoms with Gasteiger partial charge in [0.25, 0.3) is 0 Å². The second-order valence-electron chi connectivity index (χ2n) is 7.06. The SMILES string of the molecule is O=C(N(Cc1ccccc1)c1ccccc1)N1c2ccccc2Sc2ccccc21. The number of para-hydroxylation sites is 3. The highest BCUT2D eigenvalue weighted by Crippen LogP contribution is 2.48. The zero-order valence-corrected chi connectivity index (χ0v) is 17.1. The molecule has 1 aliphatic rings. The molecule has 1 heterocycles. The minimum Gasteiger partial charge on any atom is -0.289 e. The summed E-state index contributed by atoms with van der Waals surface area (Å²) in [6.45, 7) is 0.498. The van der Waals surface area contributed by atoms with Gasteiger partial charge in [-0.1, -0.05) is 84.6 Å². The molecule has 146 valence electrons. The Morgan fingerprint density at radius 3 is 1.77 bits per heavy atom. The van der Waals surface area contributed by atoms with E-state index in [1.807, 2.05) is 94.7 Å². The van der Waals surface area contributed by atoms with E-state index in [2.05, 4.69) is 24.3 Å². The smallest absolute Gasteiger partial charge is 0.289 e. The summed E-state index contributed by atoms with van der Waals surface area (Å²) in [5.74, 6) is 0. The van der Waals surface area contributed by atoms with E-state index in [4.69, 9.17) is 0 Å². The molecule has 0 spiro atoms. The number of carbonyl (C=O) groups excluding carboxylic acids is 1. The Balaban J connectivity index is 1.62. The zero-order valence-electron chi connectivity index (χ0n) is 16.3. The molecule has 0 aromatic heterocycles. The molecule has 3 nitrogen and oxygen atoms in total. The second-order valence-corrected chi connectivity index (χ2v) is 8.15. The second kappa shape index (κ2) is 8.09. The third-order valence-electron chi connectivity index (χ3n) is 5.11. The molecule has 0 saturated heterocycles. The lowest BCUT2D eigenvalue weighted by atomic mass is 10.2. The van der Waals surface area contributed by atoms with Crippen LogP contribution in [0.25, 0.3) is 0 Å². The lowest BCUT2D eigenvalue weighted by Crippen LogP contribution is -2.41. The standard InChI is InChI=1S/C26H20N2OS/c29-26(27(21-13-5-2-6-14-21)19-20-11-3-1-4-12-20)28-22-15-7-9-17-24(22)30-25-18-10-8-16-23(25)28/h1-18H,19H2. The van der Waals surface area contributed by atoms with Crippen molar-refractivity contribution in [3.8, 4) is 0 Å². The number of nitrogens with zero attached hydrogens (tertiary/aromatic N) is 2. The van der Waals surface area contributed by atoms with Gasteiger partial charge in [-0.3, -0.25) is 9.80 Å². The lowest BCUT2D eigenvalue weighted by Gasteiger charge is -2.35. The largest absolute Gasteiger partial charge is 0.333 e. The maximum absolute atomic E-state index is 14.1. The minimum atomic E-state index is -0.0646. The predicted octanol–water partition coefficient (Wildman–Crippen LogP) is 7.12. The first-order valence-electron chi connectivity index (χ1n) is 9.88. The highest BCUT2D eigenvalue weighted by Gasteiger charge is 2.31. The van der Waals surface area contributed by atoms with Crippen LogP contribution in [-0.4, -0.2) is 6.03 Å². The molecular weight excluding hydrogens is 388 g/mol. The van der Waals surface area contributed by atoms with Gasteiger partial charge in [-0.15, -0.1) is 0 Å². The number of rotatable bonds is 3. The van der Waals surface area contributed by atoms with Crippen LogP contribution < -0.4 is 9.80 Å². The minimum absolute atomic E-state index is 0.0646. The van der Waals surface area contributed by atoms with E-state index in [1.54, 1.807) is 11.8 Å². The first-order chi connectivity index (χ1) is 14.8. The maximum atomic E-state index is 14.1. The molecule has 0 fully saturated rings. The zero-order chi connectivity index (χ0) is 20.3. The molecule has 0 saturated carbocycles. The number of fused-ring (bicyclic) bond motifs is 2. The van der Waals surface area contributed by atoms with Gasteiger partial charge in [-0.25, -0.2) is 4.79 Å². The summed E-state index contributed by atoms with van der Waals surface area (Å²) in [7, 11) is 0. The van der Waals surface area contributed by atoms with E-state index in [1.165, 1.54) is 0 Å². The summed E-state index contributed by atoms with van der Waals surface area (Å²) in [5.41, 5.74) is 3.79. The van der Waals surface area contributed by atoms with Crippen molar-refractivity contribution < 1.29 is 4.79 Å². The summed E-state index contributed by atoms with van der Waals surface area (Å²) in [6.07, 6.45) is 0. The summed E-state index contributed by atoms with van der Waals surface area (Å²) < 4.78 is 0. The van der Waals surface area contributed by atoms with Gasteiger partial charge in [-0.2, -0.15) is 0 Å². The number of hydrogen-bond donors (Lipinski definition) is 0. The summed E-state index contributed by atoms with van der Waals surface area (Å²) in [6, 6.07) is 36.1. The van der Waals surface area contributed by atoms with Gasteiger partial charge < -0.3 is 0 Å². The Kier molecular flexibility index (Phi) is 4.99. The van der Waals surface area contributed by atoms with E-state index in [0.717, 1.165) is 32.4 Å². The molecule has 2 amide bonds. The molecule has 5 rings (SSSR count). The van der Waals surface area contributed by atoms with E-state index < -0.39 is 0 Å². The number of amides is 2. The van der Waals surface area contributed by atoms with Crippen molar-refractivity contribution in [1.82, 2.24) is 0 Å². The van der Waals surface area contributed by atoms with Crippen LogP contribution >= 0.6 is 11.8 Å². The Labute approximate surface area is 180 Å². The molecule has 0 bridgehead atoms. The fourth-order valence-corrected chi connectivity index (χ4v) is 4.73. The highest BCUT2D eigenvalue weighted by atomic mass is 32.2. The molecule has 0 aliphatic carbocycles. The van der Waals surface area contributed by atoms with Crippen molar-refractivity contribution in [3.05, 3.63) is 115 Å². The molecule has 1 aliphatic heterocycles. The van der Waals surface area contributed by atoms with Crippen molar-refractivity contribution in [1.29, 1.82) is 0 Å². The molecular formula is C26H20N2OS. The molecule has 4 heteroatoms. The number of benzene rings is 4. The summed E-state index contributed by atoms with van der Waals surface area (Å²) in [5, 5.41) is 0. The maximum Gasteiger partial charge on any atom is 0.333 e. The Bertz CT molecular complexity index is 1130. The number of carbonyl (C=O) groups is 1. The molecule has 0 N–H and O–H groups in total. The van der Waals surface area contributed by atoms with Crippen LogP contribution in [0.5, 0.6) is 0 Å². The predicted molar refractivity (Wildman–Crippen MR) is 124 cm³/mol. The van der Waals surface area contributed by atoms with E-state index in [0.29, 0.717) is 6.54 Å². The average Bonchev–Trinajstić information content (AvgIpc) is 2.82. The Morgan fingerprint density at radius 1 is 0.667 bits per heavy atom. The fraction of sp³-hybridized carbons (Fsp3) is 0.0385. The monoisotopic (exact) mass is 408 g/mol. The van der Waals surface area contributed by atoms with Crippen molar-refractivity contribution in [3.63, 3.8) is 0 Å². The van der Waals surface area contributed by atoms with Gasteiger partial charge in [0, 0.05) is 15.5 Å². The van der Waals surface area contributed by atoms with Crippen LogP contribution in [0.4, 0.5) is 21.9 Å². The van der Waals surface area contributed by atoms with Crippen molar-refractivity contribution >= 4 is 34.9 Å². The van der Waals surface area contributed by atoms with Gasteiger partial charge in [-0.05, 0) is 42.0 Å². The molecule has 0 unspecified atom stereocenters. The first kappa shape index (κ1) is 18.5. The third-order valence-corrected chi connectivity index (χ3v) is 6.24. The van der Waals surface area contributed by atoms with Crippen LogP contribution in [0.15, 0.2) is 119 Å². The van der Waals surface area contributed by atoms with Gasteiger partial charge in [0.2, 0.25) is 0 Å². The number of hydrogen-bond acceptors (Lipinski definition) is 2. The molecule has 30 heavy (non-hydrogen) atoms. The van der Waals surface area contributed by atoms with Crippen molar-refractivity contribution in [2.45, 2.75) is 16.3 Å². The van der Waals surface area contributed by atoms with Crippen molar-refractivity contribution in [2.75, 3.05) is 9.80 Å². The first-order valence-corrected chi connectivity index (χ1v) is 10.7. The van der Waals surface area contributed by atoms with Crippen molar-refractivity contribution in [2.24, 2.45) is 0 Å². The van der Waals surface area contributed by atoms with Gasteiger partial charge in [0.1, 0.15) is 0 Å². The van der Waals surface area contributed by atoms with Crippen LogP contribution in [0, 0.1) is 0 Å². The summed E-state index contributed by atoms with van der Waals surface area (Å²) in [4.78, 5) is 19.9.